The van der Waals surface area contributed by atoms with Gasteiger partial charge in [0.05, 0.1) is 16.4 Å². The lowest BCUT2D eigenvalue weighted by molar-refractivity contribution is -0.145. The third-order valence-electron chi connectivity index (χ3n) is 4.37. The molecule has 0 bridgehead atoms. The maximum atomic E-state index is 12.8. The second-order valence-corrected chi connectivity index (χ2v) is 11.6. The third kappa shape index (κ3) is 9.39. The molecule has 0 heterocycles. The number of nitrogens with zero attached hydrogens (tertiary/aromatic N) is 1. The number of hydrogen-bond donors (Lipinski definition) is 1. The average molecular weight is 513 g/mol. The van der Waals surface area contributed by atoms with Crippen LogP contribution in [-0.4, -0.2) is 54.6 Å². The fraction of sp³-hybridized carbons (Fsp3) is 0.600. The minimum atomic E-state index is -0.876. The number of rotatable bonds is 6. The average Bonchev–Trinajstić information content (AvgIpc) is 2.67. The first-order chi connectivity index (χ1) is 15.7. The van der Waals surface area contributed by atoms with Crippen molar-refractivity contribution in [2.75, 3.05) is 20.1 Å². The van der Waals surface area contributed by atoms with Gasteiger partial charge in [0.1, 0.15) is 10.6 Å². The molecule has 0 aromatic heterocycles. The van der Waals surface area contributed by atoms with Gasteiger partial charge in [-0.25, -0.2) is 4.79 Å². The molecule has 0 aliphatic carbocycles. The predicted molar refractivity (Wildman–Crippen MR) is 133 cm³/mol. The van der Waals surface area contributed by atoms with E-state index >= 15 is 0 Å². The van der Waals surface area contributed by atoms with Crippen LogP contribution in [-0.2, 0) is 14.3 Å². The molecule has 35 heavy (non-hydrogen) atoms. The van der Waals surface area contributed by atoms with E-state index in [-0.39, 0.29) is 35.2 Å². The normalized spacial score (nSPS) is 12.0. The lowest BCUT2D eigenvalue weighted by atomic mass is 9.97. The molecule has 0 aliphatic heterocycles. The summed E-state index contributed by atoms with van der Waals surface area (Å²) in [6.45, 7) is 15.6. The minimum Gasteiger partial charge on any atom is -0.444 e. The van der Waals surface area contributed by atoms with E-state index in [1.807, 2.05) is 0 Å². The maximum absolute atomic E-state index is 12.8. The van der Waals surface area contributed by atoms with Gasteiger partial charge in [-0.2, -0.15) is 0 Å². The Morgan fingerprint density at radius 2 is 1.40 bits per heavy atom. The monoisotopic (exact) mass is 512 g/mol. The number of carbonyl (C=O) groups is 4. The summed E-state index contributed by atoms with van der Waals surface area (Å²) in [5.74, 6) is -2.04. The molecule has 1 rings (SSSR count). The van der Waals surface area contributed by atoms with E-state index in [1.165, 1.54) is 17.0 Å². The van der Waals surface area contributed by atoms with Crippen LogP contribution in [0.15, 0.2) is 12.1 Å². The second kappa shape index (κ2) is 11.3. The van der Waals surface area contributed by atoms with E-state index in [1.54, 1.807) is 69.4 Å². The lowest BCUT2D eigenvalue weighted by Gasteiger charge is -2.24. The van der Waals surface area contributed by atoms with Gasteiger partial charge >= 0.3 is 18.0 Å². The molecule has 0 saturated carbocycles. The van der Waals surface area contributed by atoms with Crippen molar-refractivity contribution < 1.29 is 33.4 Å². The molecular weight excluding hydrogens is 476 g/mol. The van der Waals surface area contributed by atoms with Crippen molar-refractivity contribution in [3.8, 4) is 11.5 Å². The number of esters is 2. The molecule has 1 N–H and O–H groups in total. The van der Waals surface area contributed by atoms with E-state index in [0.29, 0.717) is 0 Å². The molecule has 1 aromatic carbocycles. The van der Waals surface area contributed by atoms with Crippen LogP contribution in [0.4, 0.5) is 4.79 Å². The van der Waals surface area contributed by atoms with Crippen LogP contribution in [0, 0.1) is 10.8 Å². The molecule has 2 amide bonds. The summed E-state index contributed by atoms with van der Waals surface area (Å²) in [6, 6.07) is 2.72. The van der Waals surface area contributed by atoms with Gasteiger partial charge in [-0.3, -0.25) is 14.4 Å². The molecule has 0 fully saturated rings. The first kappa shape index (κ1) is 30.2. The van der Waals surface area contributed by atoms with Gasteiger partial charge in [0, 0.05) is 20.1 Å². The van der Waals surface area contributed by atoms with E-state index in [9.17, 15) is 19.2 Å². The Morgan fingerprint density at radius 3 is 1.89 bits per heavy atom. The van der Waals surface area contributed by atoms with Gasteiger partial charge in [0.15, 0.2) is 11.5 Å². The zero-order valence-electron chi connectivity index (χ0n) is 22.3. The van der Waals surface area contributed by atoms with Crippen molar-refractivity contribution in [1.29, 1.82) is 0 Å². The summed E-state index contributed by atoms with van der Waals surface area (Å²) in [4.78, 5) is 51.1. The fourth-order valence-corrected chi connectivity index (χ4v) is 2.53. The van der Waals surface area contributed by atoms with Gasteiger partial charge in [-0.1, -0.05) is 11.6 Å². The van der Waals surface area contributed by atoms with Crippen LogP contribution >= 0.6 is 11.6 Å². The molecule has 1 aromatic rings. The smallest absolute Gasteiger partial charge is 0.410 e. The van der Waals surface area contributed by atoms with Gasteiger partial charge in [0.2, 0.25) is 0 Å². The molecule has 0 atom stereocenters. The van der Waals surface area contributed by atoms with Crippen LogP contribution in [0.25, 0.3) is 0 Å². The summed E-state index contributed by atoms with van der Waals surface area (Å²) < 4.78 is 16.2. The first-order valence-corrected chi connectivity index (χ1v) is 11.6. The molecule has 196 valence electrons. The zero-order valence-corrected chi connectivity index (χ0v) is 23.0. The topological polar surface area (TPSA) is 111 Å². The number of ether oxygens (including phenoxy) is 3. The van der Waals surface area contributed by atoms with E-state index < -0.39 is 40.4 Å². The molecule has 9 nitrogen and oxygen atoms in total. The Morgan fingerprint density at radius 1 is 0.886 bits per heavy atom. The molecule has 10 heteroatoms. The van der Waals surface area contributed by atoms with Crippen molar-refractivity contribution in [2.24, 2.45) is 10.8 Å². The van der Waals surface area contributed by atoms with Crippen molar-refractivity contribution in [3.05, 3.63) is 22.7 Å². The fourth-order valence-electron chi connectivity index (χ4n) is 2.25. The molecular formula is C25H37ClN2O7. The van der Waals surface area contributed by atoms with Crippen LogP contribution in [0.1, 0.15) is 72.7 Å². The predicted octanol–water partition coefficient (Wildman–Crippen LogP) is 4.84. The van der Waals surface area contributed by atoms with Gasteiger partial charge < -0.3 is 24.4 Å². The molecule has 0 aliphatic rings. The Labute approximate surface area is 212 Å². The van der Waals surface area contributed by atoms with Gasteiger partial charge in [-0.15, -0.1) is 0 Å². The number of halogens is 1. The number of benzene rings is 1. The van der Waals surface area contributed by atoms with Crippen molar-refractivity contribution in [2.45, 2.75) is 67.9 Å². The zero-order chi connectivity index (χ0) is 27.4. The van der Waals surface area contributed by atoms with Crippen LogP contribution < -0.4 is 14.8 Å². The third-order valence-corrected chi connectivity index (χ3v) is 4.74. The first-order valence-electron chi connectivity index (χ1n) is 11.2. The highest BCUT2D eigenvalue weighted by molar-refractivity contribution is 6.35. The summed E-state index contributed by atoms with van der Waals surface area (Å²) in [5.41, 5.74) is -2.33. The number of likely N-dealkylation sites (N-methyl/N-ethyl adjacent to an activating group) is 1. The molecule has 0 radical (unpaired) electrons. The van der Waals surface area contributed by atoms with E-state index in [0.717, 1.165) is 0 Å². The number of nitrogens with one attached hydrogen (secondary N) is 1. The lowest BCUT2D eigenvalue weighted by Crippen LogP contribution is -2.39. The Bertz CT molecular complexity index is 970. The van der Waals surface area contributed by atoms with Crippen molar-refractivity contribution in [3.63, 3.8) is 0 Å². The quantitative estimate of drug-likeness (QED) is 0.428. The van der Waals surface area contributed by atoms with Crippen LogP contribution in [0.3, 0.4) is 0 Å². The highest BCUT2D eigenvalue weighted by Crippen LogP contribution is 2.40. The maximum Gasteiger partial charge on any atom is 0.410 e. The van der Waals surface area contributed by atoms with E-state index in [4.69, 9.17) is 25.8 Å². The number of hydrogen-bond acceptors (Lipinski definition) is 7. The van der Waals surface area contributed by atoms with Crippen molar-refractivity contribution in [1.82, 2.24) is 10.2 Å². The summed E-state index contributed by atoms with van der Waals surface area (Å²) in [5, 5.41) is 2.48. The van der Waals surface area contributed by atoms with Crippen molar-refractivity contribution >= 4 is 35.5 Å². The standard InChI is InChI=1S/C25H37ClN2O7/c1-23(2,3)20(30)33-16-12-11-15(17(26)18(16)34-21(31)24(4,5)6)19(29)27-13-14-28(10)22(32)35-25(7,8)9/h11-12H,13-14H2,1-10H3,(H,27,29). The summed E-state index contributed by atoms with van der Waals surface area (Å²) in [6.07, 6.45) is -0.522. The highest BCUT2D eigenvalue weighted by Gasteiger charge is 2.31. The van der Waals surface area contributed by atoms with E-state index in [2.05, 4.69) is 5.32 Å². The molecule has 0 unspecified atom stereocenters. The van der Waals surface area contributed by atoms with Gasteiger partial charge in [-0.05, 0) is 74.4 Å². The molecule has 0 spiro atoms. The Hall–Kier alpha value is -2.81. The summed E-state index contributed by atoms with van der Waals surface area (Å²) >= 11 is 6.45. The number of carbonyl (C=O) groups excluding carboxylic acids is 4. The van der Waals surface area contributed by atoms with Crippen LogP contribution in [0.5, 0.6) is 11.5 Å². The highest BCUT2D eigenvalue weighted by atomic mass is 35.5. The Balaban J connectivity index is 3.11. The molecule has 0 saturated heterocycles. The van der Waals surface area contributed by atoms with Crippen LogP contribution in [0.2, 0.25) is 5.02 Å². The SMILES string of the molecule is CN(CCNC(=O)c1ccc(OC(=O)C(C)(C)C)c(OC(=O)C(C)(C)C)c1Cl)C(=O)OC(C)(C)C. The minimum absolute atomic E-state index is 0.0128. The second-order valence-electron chi connectivity index (χ2n) is 11.2. The summed E-state index contributed by atoms with van der Waals surface area (Å²) in [7, 11) is 1.55. The largest absolute Gasteiger partial charge is 0.444 e. The van der Waals surface area contributed by atoms with Gasteiger partial charge in [0.25, 0.3) is 5.91 Å². The number of amides is 2. The Kier molecular flexibility index (Phi) is 9.74.